The number of amides is 1. The molecule has 1 amide bonds. The molecular formula is C10H20N2O2. The Hall–Kier alpha value is -0.610. The van der Waals surface area contributed by atoms with Crippen LogP contribution in [0.2, 0.25) is 0 Å². The number of aliphatic hydroxyl groups excluding tert-OH is 1. The van der Waals surface area contributed by atoms with Crippen molar-refractivity contribution in [2.75, 3.05) is 19.7 Å². The SMILES string of the molecule is NCCC(=O)NCC1(CO)CCCC1. The van der Waals surface area contributed by atoms with E-state index in [1.807, 2.05) is 0 Å². The Kier molecular flexibility index (Phi) is 4.35. The molecule has 0 aromatic carbocycles. The molecule has 0 unspecified atom stereocenters. The van der Waals surface area contributed by atoms with E-state index in [4.69, 9.17) is 5.73 Å². The summed E-state index contributed by atoms with van der Waals surface area (Å²) in [5, 5.41) is 12.1. The van der Waals surface area contributed by atoms with Gasteiger partial charge in [0.2, 0.25) is 5.91 Å². The van der Waals surface area contributed by atoms with Crippen molar-refractivity contribution >= 4 is 5.91 Å². The summed E-state index contributed by atoms with van der Waals surface area (Å²) in [5.41, 5.74) is 5.22. The molecule has 1 rings (SSSR count). The lowest BCUT2D eigenvalue weighted by atomic mass is 9.87. The van der Waals surface area contributed by atoms with Crippen molar-refractivity contribution in [2.24, 2.45) is 11.1 Å². The highest BCUT2D eigenvalue weighted by Crippen LogP contribution is 2.36. The van der Waals surface area contributed by atoms with Crippen LogP contribution in [0.15, 0.2) is 0 Å². The monoisotopic (exact) mass is 200 g/mol. The highest BCUT2D eigenvalue weighted by atomic mass is 16.3. The van der Waals surface area contributed by atoms with Gasteiger partial charge in [-0.2, -0.15) is 0 Å². The number of nitrogens with one attached hydrogen (secondary N) is 1. The standard InChI is InChI=1S/C10H20N2O2/c11-6-3-9(14)12-7-10(8-13)4-1-2-5-10/h13H,1-8,11H2,(H,12,14). The van der Waals surface area contributed by atoms with Gasteiger partial charge in [-0.05, 0) is 12.8 Å². The van der Waals surface area contributed by atoms with Gasteiger partial charge in [0.15, 0.2) is 0 Å². The lowest BCUT2D eigenvalue weighted by Crippen LogP contribution is -2.38. The van der Waals surface area contributed by atoms with Gasteiger partial charge in [-0.3, -0.25) is 4.79 Å². The zero-order valence-corrected chi connectivity index (χ0v) is 8.59. The Labute approximate surface area is 84.9 Å². The van der Waals surface area contributed by atoms with Crippen LogP contribution < -0.4 is 11.1 Å². The third kappa shape index (κ3) is 2.96. The van der Waals surface area contributed by atoms with E-state index < -0.39 is 0 Å². The van der Waals surface area contributed by atoms with Crippen molar-refractivity contribution in [2.45, 2.75) is 32.1 Å². The molecule has 0 heterocycles. The number of rotatable bonds is 5. The lowest BCUT2D eigenvalue weighted by Gasteiger charge is -2.26. The van der Waals surface area contributed by atoms with E-state index in [1.54, 1.807) is 0 Å². The van der Waals surface area contributed by atoms with Gasteiger partial charge < -0.3 is 16.2 Å². The van der Waals surface area contributed by atoms with Crippen molar-refractivity contribution < 1.29 is 9.90 Å². The summed E-state index contributed by atoms with van der Waals surface area (Å²) in [5.74, 6) is -0.00720. The van der Waals surface area contributed by atoms with E-state index in [9.17, 15) is 9.90 Å². The summed E-state index contributed by atoms with van der Waals surface area (Å²) in [4.78, 5) is 11.2. The maximum atomic E-state index is 11.2. The van der Waals surface area contributed by atoms with Crippen LogP contribution in [0.1, 0.15) is 32.1 Å². The molecule has 0 radical (unpaired) electrons. The van der Waals surface area contributed by atoms with Crippen LogP contribution in [0, 0.1) is 5.41 Å². The molecule has 0 saturated heterocycles. The highest BCUT2D eigenvalue weighted by Gasteiger charge is 2.33. The summed E-state index contributed by atoms with van der Waals surface area (Å²) >= 11 is 0. The van der Waals surface area contributed by atoms with Gasteiger partial charge in [0.05, 0.1) is 6.61 Å². The van der Waals surface area contributed by atoms with Crippen molar-refractivity contribution in [3.05, 3.63) is 0 Å². The first-order valence-corrected chi connectivity index (χ1v) is 5.30. The molecule has 0 aromatic heterocycles. The topological polar surface area (TPSA) is 75.4 Å². The summed E-state index contributed by atoms with van der Waals surface area (Å²) in [6.45, 7) is 1.16. The van der Waals surface area contributed by atoms with Crippen LogP contribution in [-0.2, 0) is 4.79 Å². The van der Waals surface area contributed by atoms with Gasteiger partial charge in [0, 0.05) is 24.9 Å². The van der Waals surface area contributed by atoms with E-state index in [-0.39, 0.29) is 17.9 Å². The highest BCUT2D eigenvalue weighted by molar-refractivity contribution is 5.76. The Balaban J connectivity index is 2.30. The minimum absolute atomic E-state index is 0.00720. The molecule has 0 aliphatic heterocycles. The van der Waals surface area contributed by atoms with E-state index >= 15 is 0 Å². The van der Waals surface area contributed by atoms with Crippen molar-refractivity contribution in [3.8, 4) is 0 Å². The van der Waals surface area contributed by atoms with Crippen molar-refractivity contribution in [1.82, 2.24) is 5.32 Å². The van der Waals surface area contributed by atoms with Crippen LogP contribution in [-0.4, -0.2) is 30.7 Å². The second kappa shape index (κ2) is 5.32. The number of hydrogen-bond donors (Lipinski definition) is 3. The first-order valence-electron chi connectivity index (χ1n) is 5.30. The number of hydrogen-bond acceptors (Lipinski definition) is 3. The molecule has 4 nitrogen and oxygen atoms in total. The third-order valence-electron chi connectivity index (χ3n) is 3.03. The fourth-order valence-corrected chi connectivity index (χ4v) is 2.02. The predicted molar refractivity (Wildman–Crippen MR) is 54.7 cm³/mol. The van der Waals surface area contributed by atoms with Crippen LogP contribution in [0.4, 0.5) is 0 Å². The average Bonchev–Trinajstić information content (AvgIpc) is 2.65. The minimum atomic E-state index is -0.0513. The summed E-state index contributed by atoms with van der Waals surface area (Å²) < 4.78 is 0. The van der Waals surface area contributed by atoms with Crippen LogP contribution in [0.25, 0.3) is 0 Å². The Morgan fingerprint density at radius 3 is 2.57 bits per heavy atom. The van der Waals surface area contributed by atoms with Gasteiger partial charge in [0.1, 0.15) is 0 Å². The number of aliphatic hydroxyl groups is 1. The van der Waals surface area contributed by atoms with Gasteiger partial charge in [-0.15, -0.1) is 0 Å². The predicted octanol–water partition coefficient (Wildman–Crippen LogP) is 0.00410. The second-order valence-corrected chi connectivity index (χ2v) is 4.18. The fourth-order valence-electron chi connectivity index (χ4n) is 2.02. The quantitative estimate of drug-likeness (QED) is 0.585. The van der Waals surface area contributed by atoms with E-state index in [0.29, 0.717) is 19.5 Å². The zero-order valence-electron chi connectivity index (χ0n) is 8.59. The number of carbonyl (C=O) groups excluding carboxylic acids is 1. The molecule has 1 aliphatic carbocycles. The van der Waals surface area contributed by atoms with Crippen molar-refractivity contribution in [3.63, 3.8) is 0 Å². The van der Waals surface area contributed by atoms with Gasteiger partial charge in [-0.1, -0.05) is 12.8 Å². The summed E-state index contributed by atoms with van der Waals surface area (Å²) in [6, 6.07) is 0. The number of carbonyl (C=O) groups is 1. The average molecular weight is 200 g/mol. The van der Waals surface area contributed by atoms with E-state index in [2.05, 4.69) is 5.32 Å². The maximum absolute atomic E-state index is 11.2. The summed E-state index contributed by atoms with van der Waals surface area (Å²) in [6.07, 6.45) is 4.74. The van der Waals surface area contributed by atoms with Gasteiger partial charge in [0.25, 0.3) is 0 Å². The van der Waals surface area contributed by atoms with Crippen molar-refractivity contribution in [1.29, 1.82) is 0 Å². The first kappa shape index (κ1) is 11.5. The fraction of sp³-hybridized carbons (Fsp3) is 0.900. The van der Waals surface area contributed by atoms with Crippen LogP contribution >= 0.6 is 0 Å². The molecule has 0 atom stereocenters. The Morgan fingerprint density at radius 2 is 2.07 bits per heavy atom. The largest absolute Gasteiger partial charge is 0.396 e. The molecule has 1 fully saturated rings. The van der Waals surface area contributed by atoms with Crippen LogP contribution in [0.5, 0.6) is 0 Å². The molecule has 82 valence electrons. The second-order valence-electron chi connectivity index (χ2n) is 4.18. The first-order chi connectivity index (χ1) is 6.72. The molecule has 4 heteroatoms. The third-order valence-corrected chi connectivity index (χ3v) is 3.03. The minimum Gasteiger partial charge on any atom is -0.396 e. The van der Waals surface area contributed by atoms with Gasteiger partial charge >= 0.3 is 0 Å². The molecule has 0 spiro atoms. The summed E-state index contributed by atoms with van der Waals surface area (Å²) in [7, 11) is 0. The normalized spacial score (nSPS) is 19.6. The van der Waals surface area contributed by atoms with E-state index in [1.165, 1.54) is 0 Å². The molecule has 4 N–H and O–H groups in total. The molecule has 0 aromatic rings. The Morgan fingerprint density at radius 1 is 1.43 bits per heavy atom. The molecule has 0 bridgehead atoms. The zero-order chi connectivity index (χ0) is 10.4. The number of nitrogens with two attached hydrogens (primary N) is 1. The van der Waals surface area contributed by atoms with Gasteiger partial charge in [-0.25, -0.2) is 0 Å². The smallest absolute Gasteiger partial charge is 0.221 e. The molecule has 14 heavy (non-hydrogen) atoms. The molecule has 1 saturated carbocycles. The lowest BCUT2D eigenvalue weighted by molar-refractivity contribution is -0.121. The maximum Gasteiger partial charge on any atom is 0.221 e. The molecule has 1 aliphatic rings. The Bertz CT molecular complexity index is 189. The van der Waals surface area contributed by atoms with E-state index in [0.717, 1.165) is 25.7 Å². The molecular weight excluding hydrogens is 180 g/mol. The van der Waals surface area contributed by atoms with Crippen LogP contribution in [0.3, 0.4) is 0 Å².